The van der Waals surface area contributed by atoms with Gasteiger partial charge in [-0.05, 0) is 49.2 Å². The van der Waals surface area contributed by atoms with Crippen molar-refractivity contribution in [3.63, 3.8) is 0 Å². The van der Waals surface area contributed by atoms with Crippen molar-refractivity contribution in [1.82, 2.24) is 14.5 Å². The number of hydrogen-bond donors (Lipinski definition) is 1. The molecule has 1 aromatic heterocycles. The van der Waals surface area contributed by atoms with Crippen LogP contribution < -0.4 is 10.1 Å². The van der Waals surface area contributed by atoms with E-state index in [1.807, 2.05) is 30.3 Å². The number of amides is 1. The lowest BCUT2D eigenvalue weighted by molar-refractivity contribution is -0.121. The summed E-state index contributed by atoms with van der Waals surface area (Å²) in [5.41, 5.74) is 0. The molecule has 1 fully saturated rings. The van der Waals surface area contributed by atoms with E-state index >= 15 is 0 Å². The highest BCUT2D eigenvalue weighted by atomic mass is 32.2. The summed E-state index contributed by atoms with van der Waals surface area (Å²) < 4.78 is 38.0. The Labute approximate surface area is 196 Å². The topological polar surface area (TPSA) is 115 Å². The van der Waals surface area contributed by atoms with Gasteiger partial charge in [-0.25, -0.2) is 8.42 Å². The van der Waals surface area contributed by atoms with Crippen LogP contribution in [0.15, 0.2) is 68.8 Å². The summed E-state index contributed by atoms with van der Waals surface area (Å²) in [4.78, 5) is 14.0. The summed E-state index contributed by atoms with van der Waals surface area (Å²) in [5, 5.41) is 10.5. The molecule has 174 valence electrons. The van der Waals surface area contributed by atoms with E-state index in [0.29, 0.717) is 36.8 Å². The van der Waals surface area contributed by atoms with Crippen LogP contribution in [0.2, 0.25) is 0 Å². The van der Waals surface area contributed by atoms with Gasteiger partial charge in [-0.1, -0.05) is 23.3 Å². The molecule has 1 unspecified atom stereocenters. The van der Waals surface area contributed by atoms with E-state index < -0.39 is 15.9 Å². The average molecular weight is 489 g/mol. The lowest BCUT2D eigenvalue weighted by Gasteiger charge is -2.30. The first kappa shape index (κ1) is 23.3. The van der Waals surface area contributed by atoms with Crippen LogP contribution in [0.1, 0.15) is 18.7 Å². The van der Waals surface area contributed by atoms with E-state index in [9.17, 15) is 13.2 Å². The standard InChI is InChI=1S/C22H24N4O5S2/c1-30-17-9-11-19(12-10-17)33(28,29)26-13-5-6-16(14-26)21(27)23-22-25-24-20(31-22)15-32-18-7-3-2-4-8-18/h2-4,7-12,16H,5-6,13-15H2,1H3,(H,23,25,27). The van der Waals surface area contributed by atoms with Crippen molar-refractivity contribution in [2.24, 2.45) is 5.92 Å². The van der Waals surface area contributed by atoms with E-state index in [0.717, 1.165) is 4.90 Å². The van der Waals surface area contributed by atoms with Crippen LogP contribution >= 0.6 is 11.8 Å². The quantitative estimate of drug-likeness (QED) is 0.480. The third-order valence-corrected chi connectivity index (χ3v) is 8.13. The minimum atomic E-state index is -3.71. The zero-order valence-corrected chi connectivity index (χ0v) is 19.6. The summed E-state index contributed by atoms with van der Waals surface area (Å²) in [7, 11) is -2.19. The van der Waals surface area contributed by atoms with Gasteiger partial charge in [0.05, 0.1) is 23.7 Å². The predicted molar refractivity (Wildman–Crippen MR) is 123 cm³/mol. The highest BCUT2D eigenvalue weighted by molar-refractivity contribution is 7.98. The molecular formula is C22H24N4O5S2. The number of methoxy groups -OCH3 is 1. The van der Waals surface area contributed by atoms with Gasteiger partial charge < -0.3 is 9.15 Å². The molecule has 0 aliphatic carbocycles. The largest absolute Gasteiger partial charge is 0.497 e. The number of sulfonamides is 1. The van der Waals surface area contributed by atoms with E-state index in [4.69, 9.17) is 9.15 Å². The molecule has 2 aromatic carbocycles. The Morgan fingerprint density at radius 3 is 2.67 bits per heavy atom. The third kappa shape index (κ3) is 5.73. The number of benzene rings is 2. The van der Waals surface area contributed by atoms with E-state index in [1.165, 1.54) is 23.5 Å². The Kier molecular flexibility index (Phi) is 7.31. The van der Waals surface area contributed by atoms with Gasteiger partial charge >= 0.3 is 6.01 Å². The first-order valence-electron chi connectivity index (χ1n) is 10.4. The first-order chi connectivity index (χ1) is 16.0. The third-order valence-electron chi connectivity index (χ3n) is 5.25. The molecule has 3 aromatic rings. The zero-order chi connectivity index (χ0) is 23.3. The first-order valence-corrected chi connectivity index (χ1v) is 12.8. The fourth-order valence-corrected chi connectivity index (χ4v) is 5.78. The molecule has 0 bridgehead atoms. The number of carbonyl (C=O) groups is 1. The minimum Gasteiger partial charge on any atom is -0.497 e. The minimum absolute atomic E-state index is 0.0128. The van der Waals surface area contributed by atoms with Crippen molar-refractivity contribution in [2.75, 3.05) is 25.5 Å². The van der Waals surface area contributed by atoms with Gasteiger partial charge in [-0.3, -0.25) is 10.1 Å². The molecule has 1 amide bonds. The second-order valence-corrected chi connectivity index (χ2v) is 10.5. The normalized spacial score (nSPS) is 16.9. The molecule has 0 spiro atoms. The SMILES string of the molecule is COc1ccc(S(=O)(=O)N2CCCC(C(=O)Nc3nnc(CSc4ccccc4)o3)C2)cc1. The summed E-state index contributed by atoms with van der Waals surface area (Å²) in [5.74, 6) is 0.596. The Morgan fingerprint density at radius 1 is 1.18 bits per heavy atom. The Morgan fingerprint density at radius 2 is 1.94 bits per heavy atom. The maximum absolute atomic E-state index is 13.0. The molecule has 2 heterocycles. The number of thioether (sulfide) groups is 1. The molecule has 9 nitrogen and oxygen atoms in total. The summed E-state index contributed by atoms with van der Waals surface area (Å²) in [6.07, 6.45) is 1.15. The monoisotopic (exact) mass is 488 g/mol. The number of anilines is 1. The molecule has 4 rings (SSSR count). The van der Waals surface area contributed by atoms with Crippen LogP contribution in [0.25, 0.3) is 0 Å². The van der Waals surface area contributed by atoms with Crippen molar-refractivity contribution in [3.8, 4) is 5.75 Å². The second-order valence-electron chi connectivity index (χ2n) is 7.47. The van der Waals surface area contributed by atoms with Gasteiger partial charge in [-0.2, -0.15) is 4.31 Å². The number of rotatable bonds is 8. The molecule has 1 aliphatic heterocycles. The maximum atomic E-state index is 13.0. The van der Waals surface area contributed by atoms with Crippen molar-refractivity contribution in [2.45, 2.75) is 28.4 Å². The number of ether oxygens (including phenoxy) is 1. The number of hydrogen-bond acceptors (Lipinski definition) is 8. The molecule has 1 N–H and O–H groups in total. The Balaban J connectivity index is 1.35. The fraction of sp³-hybridized carbons (Fsp3) is 0.318. The highest BCUT2D eigenvalue weighted by Gasteiger charge is 2.33. The second kappa shape index (κ2) is 10.4. The van der Waals surface area contributed by atoms with Crippen molar-refractivity contribution in [3.05, 3.63) is 60.5 Å². The molecular weight excluding hydrogens is 464 g/mol. The van der Waals surface area contributed by atoms with Gasteiger partial charge in [-0.15, -0.1) is 16.9 Å². The molecule has 0 saturated carbocycles. The molecule has 1 atom stereocenters. The van der Waals surface area contributed by atoms with Gasteiger partial charge in [0, 0.05) is 18.0 Å². The molecule has 11 heteroatoms. The maximum Gasteiger partial charge on any atom is 0.322 e. The summed E-state index contributed by atoms with van der Waals surface area (Å²) >= 11 is 1.55. The van der Waals surface area contributed by atoms with Crippen molar-refractivity contribution in [1.29, 1.82) is 0 Å². The highest BCUT2D eigenvalue weighted by Crippen LogP contribution is 2.26. The average Bonchev–Trinajstić information content (AvgIpc) is 3.30. The lowest BCUT2D eigenvalue weighted by Crippen LogP contribution is -2.43. The summed E-state index contributed by atoms with van der Waals surface area (Å²) in [6, 6.07) is 16.0. The lowest BCUT2D eigenvalue weighted by atomic mass is 9.99. The predicted octanol–water partition coefficient (Wildman–Crippen LogP) is 3.41. The van der Waals surface area contributed by atoms with E-state index in [-0.39, 0.29) is 23.4 Å². The summed E-state index contributed by atoms with van der Waals surface area (Å²) in [6.45, 7) is 0.449. The van der Waals surface area contributed by atoms with Crippen molar-refractivity contribution < 1.29 is 22.4 Å². The van der Waals surface area contributed by atoms with Crippen LogP contribution in [-0.4, -0.2) is 49.0 Å². The number of nitrogens with one attached hydrogen (secondary N) is 1. The number of aromatic nitrogens is 2. The van der Waals surface area contributed by atoms with Crippen molar-refractivity contribution >= 4 is 33.7 Å². The van der Waals surface area contributed by atoms with Gasteiger partial charge in [0.2, 0.25) is 21.8 Å². The van der Waals surface area contributed by atoms with Crippen LogP contribution in [0.3, 0.4) is 0 Å². The van der Waals surface area contributed by atoms with Gasteiger partial charge in [0.25, 0.3) is 0 Å². The Hall–Kier alpha value is -2.89. The van der Waals surface area contributed by atoms with E-state index in [1.54, 1.807) is 23.9 Å². The molecule has 1 saturated heterocycles. The van der Waals surface area contributed by atoms with Crippen LogP contribution in [0.5, 0.6) is 5.75 Å². The van der Waals surface area contributed by atoms with Crippen LogP contribution in [0, 0.1) is 5.92 Å². The number of carbonyl (C=O) groups excluding carboxylic acids is 1. The van der Waals surface area contributed by atoms with E-state index in [2.05, 4.69) is 15.5 Å². The zero-order valence-electron chi connectivity index (χ0n) is 18.0. The smallest absolute Gasteiger partial charge is 0.322 e. The number of nitrogens with zero attached hydrogens (tertiary/aromatic N) is 3. The number of piperidine rings is 1. The fourth-order valence-electron chi connectivity index (χ4n) is 3.50. The van der Waals surface area contributed by atoms with Gasteiger partial charge in [0.1, 0.15) is 5.75 Å². The molecule has 1 aliphatic rings. The Bertz CT molecular complexity index is 1180. The van der Waals surface area contributed by atoms with Gasteiger partial charge in [0.15, 0.2) is 0 Å². The van der Waals surface area contributed by atoms with Crippen LogP contribution in [-0.2, 0) is 20.6 Å². The van der Waals surface area contributed by atoms with Crippen LogP contribution in [0.4, 0.5) is 6.01 Å². The molecule has 33 heavy (non-hydrogen) atoms. The molecule has 0 radical (unpaired) electrons.